The van der Waals surface area contributed by atoms with Crippen molar-refractivity contribution in [3.8, 4) is 0 Å². The van der Waals surface area contributed by atoms with Gasteiger partial charge >= 0.3 is 5.97 Å². The molecular weight excluding hydrogens is 261 g/mol. The lowest BCUT2D eigenvalue weighted by atomic mass is 10.1. The van der Waals surface area contributed by atoms with E-state index in [0.717, 1.165) is 0 Å². The van der Waals surface area contributed by atoms with Gasteiger partial charge in [-0.1, -0.05) is 13.8 Å². The van der Waals surface area contributed by atoms with E-state index in [9.17, 15) is 9.59 Å². The second-order valence-electron chi connectivity index (χ2n) is 2.48. The second-order valence-corrected chi connectivity index (χ2v) is 3.46. The molecule has 0 aliphatic rings. The van der Waals surface area contributed by atoms with Gasteiger partial charge in [0, 0.05) is 22.6 Å². The molecule has 0 aromatic carbocycles. The van der Waals surface area contributed by atoms with Gasteiger partial charge in [-0.2, -0.15) is 0 Å². The van der Waals surface area contributed by atoms with Crippen molar-refractivity contribution in [1.82, 2.24) is 5.32 Å². The maximum atomic E-state index is 10.5. The third-order valence-corrected chi connectivity index (χ3v) is 1.51. The zero-order chi connectivity index (χ0) is 9.02. The summed E-state index contributed by atoms with van der Waals surface area (Å²) in [5.74, 6) is -1.09. The van der Waals surface area contributed by atoms with E-state index in [4.69, 9.17) is 5.11 Å². The van der Waals surface area contributed by atoms with Crippen molar-refractivity contribution in [2.75, 3.05) is 0 Å². The average molecular weight is 271 g/mol. The molecule has 0 fully saturated rings. The summed E-state index contributed by atoms with van der Waals surface area (Å²) in [5, 5.41) is 10.9. The molecule has 2 N–H and O–H groups in total. The normalized spacial score (nSPS) is 12.7. The largest absolute Gasteiger partial charge is 0.480 e. The summed E-state index contributed by atoms with van der Waals surface area (Å²) >= 11 is 1.51. The summed E-state index contributed by atoms with van der Waals surface area (Å²) in [6.07, 6.45) is 0. The van der Waals surface area contributed by atoms with E-state index in [2.05, 4.69) is 5.32 Å². The van der Waals surface area contributed by atoms with Crippen LogP contribution in [0.3, 0.4) is 0 Å². The van der Waals surface area contributed by atoms with Crippen LogP contribution in [0.15, 0.2) is 0 Å². The number of amides is 1. The standard InChI is InChI=1S/C6H10INO3/c1-3(2)4(5(9)10)8-6(7)11/h3-4H,1-2H3,(H,8,11)(H,9,10). The highest BCUT2D eigenvalue weighted by atomic mass is 127. The van der Waals surface area contributed by atoms with Crippen LogP contribution in [0.25, 0.3) is 0 Å². The molecule has 64 valence electrons. The van der Waals surface area contributed by atoms with Crippen molar-refractivity contribution in [3.05, 3.63) is 0 Å². The number of hydrogen-bond acceptors (Lipinski definition) is 2. The summed E-state index contributed by atoms with van der Waals surface area (Å²) in [6.45, 7) is 3.48. The Labute approximate surface area is 78.5 Å². The van der Waals surface area contributed by atoms with E-state index < -0.39 is 12.0 Å². The average Bonchev–Trinajstić information content (AvgIpc) is 1.81. The Kier molecular flexibility index (Phi) is 4.39. The van der Waals surface area contributed by atoms with Crippen LogP contribution in [0.2, 0.25) is 0 Å². The van der Waals surface area contributed by atoms with E-state index in [1.807, 2.05) is 0 Å². The first-order valence-electron chi connectivity index (χ1n) is 3.14. The van der Waals surface area contributed by atoms with Gasteiger partial charge in [-0.3, -0.25) is 4.79 Å². The molecule has 4 nitrogen and oxygen atoms in total. The highest BCUT2D eigenvalue weighted by molar-refractivity contribution is 14.1. The first-order chi connectivity index (χ1) is 4.95. The molecule has 5 heteroatoms. The van der Waals surface area contributed by atoms with Gasteiger partial charge in [-0.15, -0.1) is 0 Å². The molecular formula is C6H10INO3. The minimum absolute atomic E-state index is 0.0915. The van der Waals surface area contributed by atoms with E-state index in [0.29, 0.717) is 0 Å². The van der Waals surface area contributed by atoms with Gasteiger partial charge in [0.25, 0.3) is 3.91 Å². The summed E-state index contributed by atoms with van der Waals surface area (Å²) < 4.78 is -0.344. The number of nitrogens with one attached hydrogen (secondary N) is 1. The number of carboxylic acids is 1. The summed E-state index contributed by atoms with van der Waals surface area (Å²) in [5.41, 5.74) is 0. The summed E-state index contributed by atoms with van der Waals surface area (Å²) in [4.78, 5) is 20.9. The zero-order valence-corrected chi connectivity index (χ0v) is 8.45. The molecule has 11 heavy (non-hydrogen) atoms. The molecule has 1 atom stereocenters. The predicted molar refractivity (Wildman–Crippen MR) is 48.8 cm³/mol. The van der Waals surface area contributed by atoms with Crippen LogP contribution < -0.4 is 5.32 Å². The monoisotopic (exact) mass is 271 g/mol. The Morgan fingerprint density at radius 3 is 2.00 bits per heavy atom. The number of carbonyl (C=O) groups excluding carboxylic acids is 1. The zero-order valence-electron chi connectivity index (χ0n) is 6.30. The van der Waals surface area contributed by atoms with Crippen molar-refractivity contribution >= 4 is 32.5 Å². The number of hydrogen-bond donors (Lipinski definition) is 2. The molecule has 0 saturated heterocycles. The molecule has 0 aliphatic heterocycles. The number of rotatable bonds is 3. The van der Waals surface area contributed by atoms with Crippen molar-refractivity contribution in [2.45, 2.75) is 19.9 Å². The van der Waals surface area contributed by atoms with E-state index >= 15 is 0 Å². The van der Waals surface area contributed by atoms with Crippen molar-refractivity contribution in [1.29, 1.82) is 0 Å². The molecule has 1 unspecified atom stereocenters. The van der Waals surface area contributed by atoms with Gasteiger partial charge in [0.2, 0.25) is 0 Å². The lowest BCUT2D eigenvalue weighted by Crippen LogP contribution is -2.41. The van der Waals surface area contributed by atoms with Gasteiger partial charge in [0.15, 0.2) is 0 Å². The number of aliphatic carboxylic acids is 1. The van der Waals surface area contributed by atoms with Crippen LogP contribution in [0.5, 0.6) is 0 Å². The Morgan fingerprint density at radius 2 is 1.91 bits per heavy atom. The van der Waals surface area contributed by atoms with Gasteiger partial charge in [-0.05, 0) is 5.92 Å². The number of halogens is 1. The third-order valence-electron chi connectivity index (χ3n) is 1.20. The Balaban J connectivity index is 4.12. The van der Waals surface area contributed by atoms with Crippen molar-refractivity contribution in [3.63, 3.8) is 0 Å². The quantitative estimate of drug-likeness (QED) is 0.461. The van der Waals surface area contributed by atoms with Crippen LogP contribution in [0, 0.1) is 5.92 Å². The molecule has 0 spiro atoms. The number of carbonyl (C=O) groups is 2. The smallest absolute Gasteiger partial charge is 0.326 e. The van der Waals surface area contributed by atoms with Crippen molar-refractivity contribution in [2.24, 2.45) is 5.92 Å². The second kappa shape index (κ2) is 4.53. The van der Waals surface area contributed by atoms with E-state index in [-0.39, 0.29) is 9.83 Å². The van der Waals surface area contributed by atoms with Crippen LogP contribution in [0.4, 0.5) is 4.79 Å². The Bertz CT molecular complexity index is 169. The maximum Gasteiger partial charge on any atom is 0.326 e. The fourth-order valence-corrected chi connectivity index (χ4v) is 0.971. The SMILES string of the molecule is CC(C)C(NC(=O)I)C(=O)O. The number of carboxylic acid groups (broad SMARTS) is 1. The highest BCUT2D eigenvalue weighted by Crippen LogP contribution is 2.02. The van der Waals surface area contributed by atoms with E-state index in [1.54, 1.807) is 13.8 Å². The fraction of sp³-hybridized carbons (Fsp3) is 0.667. The topological polar surface area (TPSA) is 66.4 Å². The fourth-order valence-electron chi connectivity index (χ4n) is 0.636. The molecule has 0 bridgehead atoms. The Hall–Kier alpha value is -0.330. The van der Waals surface area contributed by atoms with Gasteiger partial charge < -0.3 is 10.4 Å². The molecule has 0 saturated carbocycles. The van der Waals surface area contributed by atoms with E-state index in [1.165, 1.54) is 22.6 Å². The van der Waals surface area contributed by atoms with Gasteiger partial charge in [0.05, 0.1) is 0 Å². The predicted octanol–water partition coefficient (Wildman–Crippen LogP) is 1.24. The van der Waals surface area contributed by atoms with Crippen LogP contribution in [-0.2, 0) is 4.79 Å². The highest BCUT2D eigenvalue weighted by Gasteiger charge is 2.21. The van der Waals surface area contributed by atoms with Crippen LogP contribution >= 0.6 is 22.6 Å². The molecule has 0 rings (SSSR count). The molecule has 0 aliphatic carbocycles. The van der Waals surface area contributed by atoms with Gasteiger partial charge in [-0.25, -0.2) is 4.79 Å². The first kappa shape index (κ1) is 10.7. The summed E-state index contributed by atoms with van der Waals surface area (Å²) in [7, 11) is 0. The van der Waals surface area contributed by atoms with Crippen molar-refractivity contribution < 1.29 is 14.7 Å². The van der Waals surface area contributed by atoms with Crippen LogP contribution in [-0.4, -0.2) is 21.0 Å². The Morgan fingerprint density at radius 1 is 1.45 bits per heavy atom. The molecule has 0 aromatic heterocycles. The molecule has 0 radical (unpaired) electrons. The molecule has 1 amide bonds. The first-order valence-corrected chi connectivity index (χ1v) is 4.21. The minimum atomic E-state index is -0.995. The maximum absolute atomic E-state index is 10.5. The lowest BCUT2D eigenvalue weighted by Gasteiger charge is -2.15. The molecule has 0 aromatic rings. The minimum Gasteiger partial charge on any atom is -0.480 e. The van der Waals surface area contributed by atoms with Crippen LogP contribution in [0.1, 0.15) is 13.8 Å². The van der Waals surface area contributed by atoms with Gasteiger partial charge in [0.1, 0.15) is 6.04 Å². The molecule has 0 heterocycles. The summed E-state index contributed by atoms with van der Waals surface area (Å²) in [6, 6.07) is -0.778. The lowest BCUT2D eigenvalue weighted by molar-refractivity contribution is -0.140. The third kappa shape index (κ3) is 4.18.